The van der Waals surface area contributed by atoms with E-state index in [-0.39, 0.29) is 5.95 Å². The van der Waals surface area contributed by atoms with E-state index in [4.69, 9.17) is 26.2 Å². The number of nitrogen functional groups attached to an aromatic ring is 1. The van der Waals surface area contributed by atoms with Gasteiger partial charge in [-0.3, -0.25) is 0 Å². The maximum Gasteiger partial charge on any atom is 0.222 e. The highest BCUT2D eigenvalue weighted by molar-refractivity contribution is 5.69. The molecule has 1 fully saturated rings. The lowest BCUT2D eigenvalue weighted by Crippen LogP contribution is -2.33. The molecule has 0 unspecified atom stereocenters. The van der Waals surface area contributed by atoms with Crippen LogP contribution in [-0.4, -0.2) is 71.6 Å². The number of aliphatic hydroxyl groups excluding tert-OH is 4. The van der Waals surface area contributed by atoms with Gasteiger partial charge in [-0.05, 0) is 0 Å². The topological polar surface area (TPSA) is 171 Å². The fourth-order valence-electron chi connectivity index (χ4n) is 1.63. The predicted octanol–water partition coefficient (Wildman–Crippen LogP) is -2.65. The van der Waals surface area contributed by atoms with Gasteiger partial charge in [0.05, 0.1) is 19.1 Å². The van der Waals surface area contributed by atoms with Crippen LogP contribution in [0.15, 0.2) is 12.5 Å². The van der Waals surface area contributed by atoms with Crippen molar-refractivity contribution >= 4 is 17.1 Å². The molecule has 0 amide bonds. The fraction of sp³-hybridized carbons (Fsp3) is 0.500. The first-order chi connectivity index (χ1) is 9.52. The van der Waals surface area contributed by atoms with Crippen molar-refractivity contribution < 1.29 is 25.2 Å². The van der Waals surface area contributed by atoms with Crippen LogP contribution in [-0.2, 0) is 4.74 Å². The van der Waals surface area contributed by atoms with E-state index in [1.807, 2.05) is 0 Å². The summed E-state index contributed by atoms with van der Waals surface area (Å²) in [5.74, 6) is 0.250. The first kappa shape index (κ1) is 14.6. The SMILES string of the molecule is Nc1ncc2[nH]cnc2n1.OC[C@H]1O[C@@H](O)[C@H](O)[C@@H]1O. The number of aromatic nitrogens is 4. The van der Waals surface area contributed by atoms with Crippen LogP contribution in [0.2, 0.25) is 0 Å². The van der Waals surface area contributed by atoms with Crippen molar-refractivity contribution in [3.05, 3.63) is 12.5 Å². The molecule has 20 heavy (non-hydrogen) atoms. The van der Waals surface area contributed by atoms with E-state index in [0.29, 0.717) is 5.65 Å². The second kappa shape index (κ2) is 6.07. The zero-order valence-electron chi connectivity index (χ0n) is 10.3. The van der Waals surface area contributed by atoms with Crippen molar-refractivity contribution in [2.24, 2.45) is 0 Å². The molecule has 0 aliphatic carbocycles. The summed E-state index contributed by atoms with van der Waals surface area (Å²) in [5.41, 5.74) is 6.71. The number of nitrogens with zero attached hydrogens (tertiary/aromatic N) is 3. The molecular weight excluding hydrogens is 270 g/mol. The lowest BCUT2D eigenvalue weighted by atomic mass is 10.1. The van der Waals surface area contributed by atoms with Gasteiger partial charge in [-0.25, -0.2) is 9.97 Å². The van der Waals surface area contributed by atoms with E-state index < -0.39 is 31.2 Å². The van der Waals surface area contributed by atoms with Crippen molar-refractivity contribution in [1.29, 1.82) is 0 Å². The molecule has 0 bridgehead atoms. The van der Waals surface area contributed by atoms with Crippen molar-refractivity contribution in [3.8, 4) is 0 Å². The summed E-state index contributed by atoms with van der Waals surface area (Å²) in [4.78, 5) is 14.4. The minimum absolute atomic E-state index is 0.250. The standard InChI is InChI=1S/C5H5N5.C5H10O5/c6-5-7-1-3-4(10-5)9-2-8-3;6-1-2-3(7)4(8)5(9)10-2/h1-2H,(H3,6,7,8,9,10);2-9H,1H2/t;2-,3-,4-,5-/m.1/s1. The molecule has 10 nitrogen and oxygen atoms in total. The Morgan fingerprint density at radius 3 is 2.55 bits per heavy atom. The first-order valence-electron chi connectivity index (χ1n) is 5.75. The molecule has 3 heterocycles. The number of aliphatic hydroxyl groups is 4. The van der Waals surface area contributed by atoms with Crippen LogP contribution in [0, 0.1) is 0 Å². The molecule has 2 aromatic rings. The van der Waals surface area contributed by atoms with Gasteiger partial charge in [-0.2, -0.15) is 4.98 Å². The van der Waals surface area contributed by atoms with Crippen LogP contribution in [0.4, 0.5) is 5.95 Å². The van der Waals surface area contributed by atoms with Crippen molar-refractivity contribution in [2.45, 2.75) is 24.6 Å². The van der Waals surface area contributed by atoms with Crippen LogP contribution in [0.25, 0.3) is 11.2 Å². The Kier molecular flexibility index (Phi) is 4.42. The molecule has 1 aliphatic rings. The number of hydrogen-bond acceptors (Lipinski definition) is 9. The largest absolute Gasteiger partial charge is 0.394 e. The maximum absolute atomic E-state index is 8.93. The van der Waals surface area contributed by atoms with Crippen LogP contribution < -0.4 is 5.73 Å². The second-order valence-electron chi connectivity index (χ2n) is 4.10. The van der Waals surface area contributed by atoms with E-state index in [0.717, 1.165) is 5.52 Å². The lowest BCUT2D eigenvalue weighted by Gasteiger charge is -2.09. The number of anilines is 1. The predicted molar refractivity (Wildman–Crippen MR) is 66.1 cm³/mol. The molecule has 10 heteroatoms. The van der Waals surface area contributed by atoms with E-state index in [9.17, 15) is 0 Å². The highest BCUT2D eigenvalue weighted by atomic mass is 16.6. The quantitative estimate of drug-likeness (QED) is 0.327. The number of nitrogens with one attached hydrogen (secondary N) is 1. The minimum atomic E-state index is -1.38. The van der Waals surface area contributed by atoms with Crippen LogP contribution in [0.3, 0.4) is 0 Å². The van der Waals surface area contributed by atoms with Crippen molar-refractivity contribution in [1.82, 2.24) is 19.9 Å². The van der Waals surface area contributed by atoms with Gasteiger partial charge in [0.15, 0.2) is 11.9 Å². The smallest absolute Gasteiger partial charge is 0.222 e. The highest BCUT2D eigenvalue weighted by Crippen LogP contribution is 2.18. The van der Waals surface area contributed by atoms with Gasteiger partial charge < -0.3 is 35.9 Å². The van der Waals surface area contributed by atoms with Gasteiger partial charge in [0.1, 0.15) is 23.8 Å². The van der Waals surface area contributed by atoms with Gasteiger partial charge in [0.25, 0.3) is 0 Å². The van der Waals surface area contributed by atoms with Crippen LogP contribution in [0.5, 0.6) is 0 Å². The van der Waals surface area contributed by atoms with E-state index in [2.05, 4.69) is 24.7 Å². The monoisotopic (exact) mass is 285 g/mol. The highest BCUT2D eigenvalue weighted by Gasteiger charge is 2.41. The average molecular weight is 285 g/mol. The first-order valence-corrected chi connectivity index (χ1v) is 5.75. The molecule has 0 saturated carbocycles. The minimum Gasteiger partial charge on any atom is -0.394 e. The molecule has 0 radical (unpaired) electrons. The fourth-order valence-corrected chi connectivity index (χ4v) is 1.63. The molecule has 1 saturated heterocycles. The molecule has 3 rings (SSSR count). The Morgan fingerprint density at radius 2 is 2.00 bits per heavy atom. The summed E-state index contributed by atoms with van der Waals surface area (Å²) in [6.45, 7) is -0.407. The van der Waals surface area contributed by atoms with Crippen LogP contribution >= 0.6 is 0 Å². The van der Waals surface area contributed by atoms with Gasteiger partial charge in [-0.15, -0.1) is 0 Å². The Bertz CT molecular complexity index is 564. The molecule has 110 valence electrons. The Labute approximate surface area is 112 Å². The van der Waals surface area contributed by atoms with E-state index >= 15 is 0 Å². The normalized spacial score (nSPS) is 29.2. The lowest BCUT2D eigenvalue weighted by molar-refractivity contribution is -0.132. The third-order valence-electron chi connectivity index (χ3n) is 2.71. The third-order valence-corrected chi connectivity index (χ3v) is 2.71. The van der Waals surface area contributed by atoms with Gasteiger partial charge in [0, 0.05) is 0 Å². The van der Waals surface area contributed by atoms with Crippen molar-refractivity contribution in [2.75, 3.05) is 12.3 Å². The molecule has 2 aromatic heterocycles. The molecular formula is C10H15N5O5. The number of hydrogen-bond donors (Lipinski definition) is 6. The zero-order chi connectivity index (χ0) is 14.7. The van der Waals surface area contributed by atoms with Gasteiger partial charge in [0.2, 0.25) is 5.95 Å². The summed E-state index contributed by atoms with van der Waals surface area (Å²) in [6, 6.07) is 0. The average Bonchev–Trinajstić information content (AvgIpc) is 2.99. The number of H-pyrrole nitrogens is 1. The molecule has 7 N–H and O–H groups in total. The van der Waals surface area contributed by atoms with Gasteiger partial charge in [-0.1, -0.05) is 0 Å². The summed E-state index contributed by atoms with van der Waals surface area (Å²) < 4.78 is 4.54. The van der Waals surface area contributed by atoms with Crippen molar-refractivity contribution in [3.63, 3.8) is 0 Å². The Balaban J connectivity index is 0.000000147. The van der Waals surface area contributed by atoms with E-state index in [1.165, 1.54) is 0 Å². The summed E-state index contributed by atoms with van der Waals surface area (Å²) in [7, 11) is 0. The molecule has 0 aromatic carbocycles. The Morgan fingerprint density at radius 1 is 1.25 bits per heavy atom. The Hall–Kier alpha value is -1.85. The number of fused-ring (bicyclic) bond motifs is 1. The summed E-state index contributed by atoms with van der Waals surface area (Å²) in [6.07, 6.45) is -1.60. The second-order valence-corrected chi connectivity index (χ2v) is 4.10. The summed E-state index contributed by atoms with van der Waals surface area (Å²) >= 11 is 0. The molecule has 0 spiro atoms. The summed E-state index contributed by atoms with van der Waals surface area (Å²) in [5, 5.41) is 35.0. The van der Waals surface area contributed by atoms with E-state index in [1.54, 1.807) is 12.5 Å². The maximum atomic E-state index is 8.93. The number of imidazole rings is 1. The number of rotatable bonds is 1. The van der Waals surface area contributed by atoms with Crippen LogP contribution in [0.1, 0.15) is 0 Å². The number of ether oxygens (including phenoxy) is 1. The molecule has 1 aliphatic heterocycles. The van der Waals surface area contributed by atoms with Gasteiger partial charge >= 0.3 is 0 Å². The zero-order valence-corrected chi connectivity index (χ0v) is 10.3. The third kappa shape index (κ3) is 3.00. The number of nitrogens with two attached hydrogens (primary N) is 1. The number of aromatic amines is 1. The molecule has 4 atom stereocenters.